The average molecular weight is 384 g/mol. The zero-order valence-electron chi connectivity index (χ0n) is 13.9. The van der Waals surface area contributed by atoms with Crippen molar-refractivity contribution in [3.8, 4) is 0 Å². The highest BCUT2D eigenvalue weighted by Gasteiger charge is 2.31. The van der Waals surface area contributed by atoms with Gasteiger partial charge in [-0.3, -0.25) is 4.79 Å². The van der Waals surface area contributed by atoms with Crippen LogP contribution in [0.25, 0.3) is 0 Å². The van der Waals surface area contributed by atoms with Gasteiger partial charge in [0.1, 0.15) is 12.6 Å². The van der Waals surface area contributed by atoms with Crippen molar-refractivity contribution in [1.82, 2.24) is 19.9 Å². The molecule has 0 radical (unpaired) electrons. The van der Waals surface area contributed by atoms with Gasteiger partial charge < -0.3 is 14.7 Å². The Morgan fingerprint density at radius 2 is 1.96 bits per heavy atom. The molecule has 3 rings (SSSR count). The second-order valence-electron chi connectivity index (χ2n) is 5.93. The molecule has 1 amide bonds. The van der Waals surface area contributed by atoms with Crippen LogP contribution in [0, 0.1) is 0 Å². The van der Waals surface area contributed by atoms with Gasteiger partial charge in [0.15, 0.2) is 5.69 Å². The van der Waals surface area contributed by atoms with E-state index in [2.05, 4.69) is 10.3 Å². The summed E-state index contributed by atoms with van der Waals surface area (Å²) in [6.45, 7) is 0.524. The molecule has 2 heterocycles. The molecular formula is C16H15F3N4O4. The van der Waals surface area contributed by atoms with E-state index in [4.69, 9.17) is 9.84 Å². The summed E-state index contributed by atoms with van der Waals surface area (Å²) in [5.41, 5.74) is -0.489. The molecule has 1 fully saturated rings. The van der Waals surface area contributed by atoms with Gasteiger partial charge >= 0.3 is 12.1 Å². The van der Waals surface area contributed by atoms with Crippen molar-refractivity contribution in [3.63, 3.8) is 0 Å². The predicted octanol–water partition coefficient (Wildman–Crippen LogP) is 1.60. The molecule has 1 aromatic heterocycles. The third-order valence-electron chi connectivity index (χ3n) is 4.08. The summed E-state index contributed by atoms with van der Waals surface area (Å²) in [5.74, 6) is -1.57. The highest BCUT2D eigenvalue weighted by molar-refractivity contribution is 5.84. The van der Waals surface area contributed by atoms with Gasteiger partial charge in [-0.2, -0.15) is 13.2 Å². The Labute approximate surface area is 151 Å². The summed E-state index contributed by atoms with van der Waals surface area (Å²) < 4.78 is 44.6. The number of alkyl halides is 3. The van der Waals surface area contributed by atoms with Gasteiger partial charge in [-0.05, 0) is 17.7 Å². The van der Waals surface area contributed by atoms with Crippen molar-refractivity contribution in [2.24, 2.45) is 0 Å². The summed E-state index contributed by atoms with van der Waals surface area (Å²) in [7, 11) is 0. The van der Waals surface area contributed by atoms with E-state index >= 15 is 0 Å². The molecular weight excluding hydrogens is 369 g/mol. The minimum Gasteiger partial charge on any atom is -0.476 e. The molecule has 1 aliphatic rings. The Bertz CT molecular complexity index is 835. The molecule has 1 unspecified atom stereocenters. The number of hydrogen-bond acceptors (Lipinski definition) is 5. The number of aromatic nitrogens is 3. The molecule has 1 aliphatic heterocycles. The van der Waals surface area contributed by atoms with Gasteiger partial charge in [0.25, 0.3) is 0 Å². The third kappa shape index (κ3) is 4.42. The second-order valence-corrected chi connectivity index (χ2v) is 5.93. The minimum atomic E-state index is -4.42. The first-order valence-corrected chi connectivity index (χ1v) is 7.94. The number of benzene rings is 1. The SMILES string of the molecule is O=C(O)c1cn(CC(=O)N2CCOC(c3ccc(C(F)(F)F)cc3)C2)nn1. The number of halogens is 3. The van der Waals surface area contributed by atoms with E-state index in [9.17, 15) is 22.8 Å². The molecule has 0 bridgehead atoms. The monoisotopic (exact) mass is 384 g/mol. The first-order chi connectivity index (χ1) is 12.7. The summed E-state index contributed by atoms with van der Waals surface area (Å²) in [4.78, 5) is 24.7. The van der Waals surface area contributed by atoms with Crippen molar-refractivity contribution in [2.45, 2.75) is 18.8 Å². The lowest BCUT2D eigenvalue weighted by Gasteiger charge is -2.33. The van der Waals surface area contributed by atoms with E-state index in [0.717, 1.165) is 23.0 Å². The van der Waals surface area contributed by atoms with Crippen molar-refractivity contribution in [1.29, 1.82) is 0 Å². The third-order valence-corrected chi connectivity index (χ3v) is 4.08. The number of carbonyl (C=O) groups excluding carboxylic acids is 1. The van der Waals surface area contributed by atoms with E-state index in [1.54, 1.807) is 0 Å². The van der Waals surface area contributed by atoms with Gasteiger partial charge in [-0.15, -0.1) is 5.10 Å². The Hall–Kier alpha value is -2.95. The number of carbonyl (C=O) groups is 2. The van der Waals surface area contributed by atoms with E-state index in [0.29, 0.717) is 12.1 Å². The van der Waals surface area contributed by atoms with Crippen LogP contribution in [-0.4, -0.2) is 56.6 Å². The summed E-state index contributed by atoms with van der Waals surface area (Å²) in [6, 6.07) is 4.61. The largest absolute Gasteiger partial charge is 0.476 e. The van der Waals surface area contributed by atoms with E-state index in [1.807, 2.05) is 0 Å². The maximum atomic E-state index is 12.7. The van der Waals surface area contributed by atoms with Crippen LogP contribution < -0.4 is 0 Å². The number of carboxylic acid groups (broad SMARTS) is 1. The maximum Gasteiger partial charge on any atom is 0.416 e. The highest BCUT2D eigenvalue weighted by atomic mass is 19.4. The molecule has 0 spiro atoms. The van der Waals surface area contributed by atoms with Crippen LogP contribution >= 0.6 is 0 Å². The quantitative estimate of drug-likeness (QED) is 0.860. The summed E-state index contributed by atoms with van der Waals surface area (Å²) in [5, 5.41) is 15.8. The molecule has 8 nitrogen and oxygen atoms in total. The normalized spacial score (nSPS) is 17.7. The number of carboxylic acids is 1. The van der Waals surface area contributed by atoms with Crippen LogP contribution in [0.15, 0.2) is 30.5 Å². The standard InChI is InChI=1S/C16H15F3N4O4/c17-16(18,19)11-3-1-10(2-4-11)13-8-22(5-6-27-13)14(24)9-23-7-12(15(25)26)20-21-23/h1-4,7,13H,5-6,8-9H2,(H,25,26). The van der Waals surface area contributed by atoms with Gasteiger partial charge in [0.2, 0.25) is 5.91 Å². The number of morpholine rings is 1. The summed E-state index contributed by atoms with van der Waals surface area (Å²) in [6.07, 6.45) is -3.82. The molecule has 1 atom stereocenters. The lowest BCUT2D eigenvalue weighted by Crippen LogP contribution is -2.43. The molecule has 144 valence electrons. The second kappa shape index (κ2) is 7.35. The Morgan fingerprint density at radius 3 is 2.56 bits per heavy atom. The van der Waals surface area contributed by atoms with Crippen molar-refractivity contribution in [3.05, 3.63) is 47.3 Å². The predicted molar refractivity (Wildman–Crippen MR) is 83.7 cm³/mol. The maximum absolute atomic E-state index is 12.7. The fraction of sp³-hybridized carbons (Fsp3) is 0.375. The summed E-state index contributed by atoms with van der Waals surface area (Å²) >= 11 is 0. The van der Waals surface area contributed by atoms with Gasteiger partial charge in [0.05, 0.1) is 24.9 Å². The fourth-order valence-corrected chi connectivity index (χ4v) is 2.68. The highest BCUT2D eigenvalue weighted by Crippen LogP contribution is 2.31. The lowest BCUT2D eigenvalue weighted by molar-refractivity contribution is -0.139. The van der Waals surface area contributed by atoms with E-state index in [-0.39, 0.29) is 31.3 Å². The van der Waals surface area contributed by atoms with Gasteiger partial charge in [0, 0.05) is 6.54 Å². The molecule has 1 N–H and O–H groups in total. The smallest absolute Gasteiger partial charge is 0.416 e. The first kappa shape index (κ1) is 18.8. The van der Waals surface area contributed by atoms with Crippen LogP contribution in [0.5, 0.6) is 0 Å². The Morgan fingerprint density at radius 1 is 1.26 bits per heavy atom. The molecule has 27 heavy (non-hydrogen) atoms. The van der Waals surface area contributed by atoms with Gasteiger partial charge in [-0.25, -0.2) is 9.48 Å². The lowest BCUT2D eigenvalue weighted by atomic mass is 10.1. The van der Waals surface area contributed by atoms with Crippen LogP contribution in [0.1, 0.15) is 27.7 Å². The number of rotatable bonds is 4. The fourth-order valence-electron chi connectivity index (χ4n) is 2.68. The topological polar surface area (TPSA) is 97.5 Å². The van der Waals surface area contributed by atoms with Crippen molar-refractivity contribution < 1.29 is 32.6 Å². The van der Waals surface area contributed by atoms with E-state index < -0.39 is 23.8 Å². The molecule has 1 saturated heterocycles. The molecule has 2 aromatic rings. The zero-order chi connectivity index (χ0) is 19.6. The van der Waals surface area contributed by atoms with E-state index in [1.165, 1.54) is 17.0 Å². The number of nitrogens with zero attached hydrogens (tertiary/aromatic N) is 4. The van der Waals surface area contributed by atoms with Crippen LogP contribution in [-0.2, 0) is 22.3 Å². The number of amides is 1. The molecule has 1 aromatic carbocycles. The molecule has 0 aliphatic carbocycles. The average Bonchev–Trinajstić information content (AvgIpc) is 3.10. The molecule has 11 heteroatoms. The number of hydrogen-bond donors (Lipinski definition) is 1. The van der Waals surface area contributed by atoms with Crippen LogP contribution in [0.2, 0.25) is 0 Å². The zero-order valence-corrected chi connectivity index (χ0v) is 13.9. The van der Waals surface area contributed by atoms with Crippen molar-refractivity contribution in [2.75, 3.05) is 19.7 Å². The number of ether oxygens (including phenoxy) is 1. The Kier molecular flexibility index (Phi) is 5.13. The molecule has 0 saturated carbocycles. The van der Waals surface area contributed by atoms with Crippen LogP contribution in [0.4, 0.5) is 13.2 Å². The van der Waals surface area contributed by atoms with Crippen molar-refractivity contribution >= 4 is 11.9 Å². The van der Waals surface area contributed by atoms with Gasteiger partial charge in [-0.1, -0.05) is 17.3 Å². The Balaban J connectivity index is 1.64. The first-order valence-electron chi connectivity index (χ1n) is 7.94. The number of aromatic carboxylic acids is 1. The van der Waals surface area contributed by atoms with Crippen LogP contribution in [0.3, 0.4) is 0 Å². The minimum absolute atomic E-state index is 0.171.